The third-order valence-corrected chi connectivity index (χ3v) is 4.62. The van der Waals surface area contributed by atoms with E-state index in [1.54, 1.807) is 11.3 Å². The molecular formula is C14H26IN5S. The summed E-state index contributed by atoms with van der Waals surface area (Å²) in [7, 11) is 1.81. The highest BCUT2D eigenvalue weighted by Gasteiger charge is 2.22. The number of thiazole rings is 1. The second-order valence-electron chi connectivity index (χ2n) is 5.10. The Kier molecular flexibility index (Phi) is 8.50. The van der Waals surface area contributed by atoms with Crippen molar-refractivity contribution in [1.29, 1.82) is 0 Å². The van der Waals surface area contributed by atoms with Gasteiger partial charge in [-0.2, -0.15) is 0 Å². The lowest BCUT2D eigenvalue weighted by atomic mass is 10.2. The maximum absolute atomic E-state index is 4.35. The highest BCUT2D eigenvalue weighted by Crippen LogP contribution is 2.15. The summed E-state index contributed by atoms with van der Waals surface area (Å²) in [6.45, 7) is 8.37. The third kappa shape index (κ3) is 5.71. The number of nitrogens with one attached hydrogen (secondary N) is 2. The fourth-order valence-corrected chi connectivity index (χ4v) is 3.35. The van der Waals surface area contributed by atoms with Crippen molar-refractivity contribution in [1.82, 2.24) is 20.5 Å². The van der Waals surface area contributed by atoms with E-state index in [4.69, 9.17) is 0 Å². The first-order valence-electron chi connectivity index (χ1n) is 7.32. The molecule has 0 aliphatic carbocycles. The summed E-state index contributed by atoms with van der Waals surface area (Å²) in [5.41, 5.74) is 0. The van der Waals surface area contributed by atoms with Crippen LogP contribution in [0.2, 0.25) is 0 Å². The zero-order valence-electron chi connectivity index (χ0n) is 13.1. The molecule has 5 nitrogen and oxygen atoms in total. The summed E-state index contributed by atoms with van der Waals surface area (Å²) in [6, 6.07) is 0.639. The number of rotatable bonds is 5. The van der Waals surface area contributed by atoms with Crippen molar-refractivity contribution in [3.63, 3.8) is 0 Å². The monoisotopic (exact) mass is 423 g/mol. The molecule has 1 aromatic rings. The second-order valence-corrected chi connectivity index (χ2v) is 6.42. The highest BCUT2D eigenvalue weighted by atomic mass is 127. The Bertz CT molecular complexity index is 448. The zero-order chi connectivity index (χ0) is 14.4. The van der Waals surface area contributed by atoms with E-state index >= 15 is 0 Å². The van der Waals surface area contributed by atoms with Crippen molar-refractivity contribution in [3.05, 3.63) is 16.1 Å². The van der Waals surface area contributed by atoms with E-state index in [0.29, 0.717) is 6.04 Å². The lowest BCUT2D eigenvalue weighted by Crippen LogP contribution is -2.44. The van der Waals surface area contributed by atoms with Gasteiger partial charge in [-0.05, 0) is 32.9 Å². The van der Waals surface area contributed by atoms with Crippen molar-refractivity contribution in [2.45, 2.75) is 39.3 Å². The fourth-order valence-electron chi connectivity index (χ4n) is 2.62. The van der Waals surface area contributed by atoms with E-state index in [-0.39, 0.29) is 24.0 Å². The largest absolute Gasteiger partial charge is 0.355 e. The van der Waals surface area contributed by atoms with Crippen LogP contribution in [0.4, 0.5) is 0 Å². The Morgan fingerprint density at radius 3 is 2.95 bits per heavy atom. The van der Waals surface area contributed by atoms with E-state index < -0.39 is 0 Å². The van der Waals surface area contributed by atoms with Gasteiger partial charge in [0.25, 0.3) is 0 Å². The van der Waals surface area contributed by atoms with Gasteiger partial charge in [-0.3, -0.25) is 9.89 Å². The van der Waals surface area contributed by atoms with Gasteiger partial charge in [0.2, 0.25) is 0 Å². The van der Waals surface area contributed by atoms with Crippen molar-refractivity contribution in [2.75, 3.05) is 26.7 Å². The molecule has 1 aliphatic heterocycles. The van der Waals surface area contributed by atoms with E-state index in [9.17, 15) is 0 Å². The number of nitrogens with zero attached hydrogens (tertiary/aromatic N) is 3. The molecule has 1 unspecified atom stereocenters. The number of halogens is 1. The molecule has 1 aromatic heterocycles. The third-order valence-electron chi connectivity index (χ3n) is 3.71. The molecule has 120 valence electrons. The van der Waals surface area contributed by atoms with Crippen LogP contribution >= 0.6 is 35.3 Å². The first-order valence-corrected chi connectivity index (χ1v) is 8.14. The minimum absolute atomic E-state index is 0. The molecule has 1 fully saturated rings. The van der Waals surface area contributed by atoms with Gasteiger partial charge in [0, 0.05) is 30.7 Å². The predicted octanol–water partition coefficient (Wildman–Crippen LogP) is 2.22. The normalized spacial score (nSPS) is 19.4. The number of guanidine groups is 1. The van der Waals surface area contributed by atoms with Gasteiger partial charge in [-0.15, -0.1) is 35.3 Å². The van der Waals surface area contributed by atoms with Crippen molar-refractivity contribution in [2.24, 2.45) is 4.99 Å². The number of likely N-dealkylation sites (N-methyl/N-ethyl adjacent to an activating group) is 1. The van der Waals surface area contributed by atoms with Gasteiger partial charge >= 0.3 is 0 Å². The molecule has 1 saturated heterocycles. The molecule has 0 amide bonds. The number of hydrogen-bond acceptors (Lipinski definition) is 4. The Labute approximate surface area is 148 Å². The van der Waals surface area contributed by atoms with Crippen molar-refractivity contribution in [3.8, 4) is 0 Å². The Hall–Kier alpha value is -0.410. The molecule has 2 N–H and O–H groups in total. The van der Waals surface area contributed by atoms with Gasteiger partial charge in [-0.25, -0.2) is 4.98 Å². The number of aryl methyl sites for hydroxylation is 1. The smallest absolute Gasteiger partial charge is 0.191 e. The molecular weight excluding hydrogens is 397 g/mol. The SMILES string of the molecule is CCN1CCCC1CNC(=NC)NCc1ncc(C)s1.I. The molecule has 7 heteroatoms. The van der Waals surface area contributed by atoms with Crippen LogP contribution in [0.3, 0.4) is 0 Å². The van der Waals surface area contributed by atoms with Gasteiger partial charge in [-0.1, -0.05) is 6.92 Å². The lowest BCUT2D eigenvalue weighted by molar-refractivity contribution is 0.267. The zero-order valence-corrected chi connectivity index (χ0v) is 16.2. The van der Waals surface area contributed by atoms with E-state index in [1.807, 2.05) is 13.2 Å². The van der Waals surface area contributed by atoms with Crippen molar-refractivity contribution >= 4 is 41.3 Å². The summed E-state index contributed by atoms with van der Waals surface area (Å²) in [6.07, 6.45) is 4.50. The highest BCUT2D eigenvalue weighted by molar-refractivity contribution is 14.0. The second kappa shape index (κ2) is 9.58. The minimum Gasteiger partial charge on any atom is -0.355 e. The molecule has 1 aliphatic rings. The van der Waals surface area contributed by atoms with E-state index in [2.05, 4.69) is 39.4 Å². The number of likely N-dealkylation sites (tertiary alicyclic amines) is 1. The van der Waals surface area contributed by atoms with Crippen LogP contribution in [0.5, 0.6) is 0 Å². The number of aromatic nitrogens is 1. The van der Waals surface area contributed by atoms with E-state index in [0.717, 1.165) is 30.6 Å². The molecule has 0 saturated carbocycles. The van der Waals surface area contributed by atoms with Gasteiger partial charge < -0.3 is 10.6 Å². The lowest BCUT2D eigenvalue weighted by Gasteiger charge is -2.23. The number of aliphatic imine (C=N–C) groups is 1. The van der Waals surface area contributed by atoms with Crippen molar-refractivity contribution < 1.29 is 0 Å². The number of hydrogen-bond donors (Lipinski definition) is 2. The minimum atomic E-state index is 0. The average molecular weight is 423 g/mol. The predicted molar refractivity (Wildman–Crippen MR) is 101 cm³/mol. The van der Waals surface area contributed by atoms with Gasteiger partial charge in [0.15, 0.2) is 5.96 Å². The van der Waals surface area contributed by atoms with Crippen LogP contribution < -0.4 is 10.6 Å². The standard InChI is InChI=1S/C14H25N5S.HI/c1-4-19-7-5-6-12(19)9-17-14(15-3)18-10-13-16-8-11(2)20-13;/h8,12H,4-7,9-10H2,1-3H3,(H2,15,17,18);1H. The van der Waals surface area contributed by atoms with Crippen LogP contribution in [0.25, 0.3) is 0 Å². The summed E-state index contributed by atoms with van der Waals surface area (Å²) < 4.78 is 0. The Morgan fingerprint density at radius 2 is 2.33 bits per heavy atom. The first-order chi connectivity index (χ1) is 9.72. The molecule has 0 radical (unpaired) electrons. The van der Waals surface area contributed by atoms with Crippen LogP contribution in [-0.4, -0.2) is 48.6 Å². The van der Waals surface area contributed by atoms with Crippen LogP contribution in [0, 0.1) is 6.92 Å². The van der Waals surface area contributed by atoms with E-state index in [1.165, 1.54) is 24.3 Å². The summed E-state index contributed by atoms with van der Waals surface area (Å²) in [5, 5.41) is 7.85. The Balaban J connectivity index is 0.00000220. The summed E-state index contributed by atoms with van der Waals surface area (Å²) in [5.74, 6) is 0.862. The molecule has 2 heterocycles. The molecule has 0 aromatic carbocycles. The van der Waals surface area contributed by atoms with Gasteiger partial charge in [0.05, 0.1) is 6.54 Å². The van der Waals surface area contributed by atoms with Crippen LogP contribution in [0.15, 0.2) is 11.2 Å². The molecule has 2 rings (SSSR count). The molecule has 0 spiro atoms. The summed E-state index contributed by atoms with van der Waals surface area (Å²) >= 11 is 1.72. The van der Waals surface area contributed by atoms with Gasteiger partial charge in [0.1, 0.15) is 5.01 Å². The molecule has 0 bridgehead atoms. The fraction of sp³-hybridized carbons (Fsp3) is 0.714. The topological polar surface area (TPSA) is 52.5 Å². The first kappa shape index (κ1) is 18.6. The average Bonchev–Trinajstić information content (AvgIpc) is 3.07. The molecule has 21 heavy (non-hydrogen) atoms. The summed E-state index contributed by atoms with van der Waals surface area (Å²) in [4.78, 5) is 12.4. The Morgan fingerprint density at radius 1 is 1.52 bits per heavy atom. The van der Waals surface area contributed by atoms with Crippen LogP contribution in [0.1, 0.15) is 29.7 Å². The molecule has 1 atom stereocenters. The maximum Gasteiger partial charge on any atom is 0.191 e. The maximum atomic E-state index is 4.35. The quantitative estimate of drug-likeness (QED) is 0.433. The van der Waals surface area contributed by atoms with Crippen LogP contribution in [-0.2, 0) is 6.54 Å².